The monoisotopic (exact) mass is 397 g/mol. The number of nitrogens with zero attached hydrogens (tertiary/aromatic N) is 2. The van der Waals surface area contributed by atoms with E-state index < -0.39 is 5.91 Å². The summed E-state index contributed by atoms with van der Waals surface area (Å²) in [5.74, 6) is -0.543. The predicted molar refractivity (Wildman–Crippen MR) is 104 cm³/mol. The lowest BCUT2D eigenvalue weighted by Gasteiger charge is -2.09. The largest absolute Gasteiger partial charge is 0.376 e. The van der Waals surface area contributed by atoms with Gasteiger partial charge < -0.3 is 9.84 Å². The first-order valence-corrected chi connectivity index (χ1v) is 8.96. The number of halogens is 1. The second-order valence-electron chi connectivity index (χ2n) is 6.33. The molecule has 0 bridgehead atoms. The summed E-state index contributed by atoms with van der Waals surface area (Å²) in [6.07, 6.45) is 0.258. The molecule has 0 aliphatic heterocycles. The zero-order chi connectivity index (χ0) is 20.6. The van der Waals surface area contributed by atoms with Crippen molar-refractivity contribution >= 4 is 17.5 Å². The standard InChI is InChI=1S/C20H20FN5O3/c1-13-2-8-16(9-3-13)22-12-18(28)25-24-17(27)10-11-19-23-20(26-29-19)14-4-6-15(21)7-5-14/h2-9,22H,10-12H2,1H3,(H,24,27)(H,25,28). The van der Waals surface area contributed by atoms with Crippen LogP contribution in [0.4, 0.5) is 10.1 Å². The molecule has 0 aliphatic rings. The lowest BCUT2D eigenvalue weighted by Crippen LogP contribution is -2.44. The Labute approximate surface area is 166 Å². The fraction of sp³-hybridized carbons (Fsp3) is 0.200. The van der Waals surface area contributed by atoms with Gasteiger partial charge in [-0.2, -0.15) is 4.98 Å². The summed E-state index contributed by atoms with van der Waals surface area (Å²) in [5, 5.41) is 6.76. The summed E-state index contributed by atoms with van der Waals surface area (Å²) in [5.41, 5.74) is 7.21. The molecule has 1 heterocycles. The van der Waals surface area contributed by atoms with Gasteiger partial charge in [-0.1, -0.05) is 22.9 Å². The molecule has 3 rings (SSSR count). The topological polar surface area (TPSA) is 109 Å². The number of carbonyl (C=O) groups excluding carboxylic acids is 2. The molecule has 0 aliphatic carbocycles. The van der Waals surface area contributed by atoms with Crippen LogP contribution in [0.1, 0.15) is 17.9 Å². The smallest absolute Gasteiger partial charge is 0.257 e. The molecule has 0 fully saturated rings. The molecule has 0 spiro atoms. The summed E-state index contributed by atoms with van der Waals surface area (Å²) in [4.78, 5) is 27.8. The van der Waals surface area contributed by atoms with Crippen LogP contribution in [-0.2, 0) is 16.0 Å². The number of hydrogen-bond donors (Lipinski definition) is 3. The lowest BCUT2D eigenvalue weighted by molar-refractivity contribution is -0.128. The number of benzene rings is 2. The Bertz CT molecular complexity index is 971. The quantitative estimate of drug-likeness (QED) is 0.528. The second kappa shape index (κ2) is 9.45. The number of hydrogen-bond acceptors (Lipinski definition) is 6. The van der Waals surface area contributed by atoms with E-state index in [1.807, 2.05) is 31.2 Å². The van der Waals surface area contributed by atoms with Crippen molar-refractivity contribution in [3.63, 3.8) is 0 Å². The highest BCUT2D eigenvalue weighted by Gasteiger charge is 2.11. The zero-order valence-electron chi connectivity index (χ0n) is 15.7. The highest BCUT2D eigenvalue weighted by Crippen LogP contribution is 2.16. The van der Waals surface area contributed by atoms with E-state index in [1.54, 1.807) is 0 Å². The first-order valence-electron chi connectivity index (χ1n) is 8.96. The van der Waals surface area contributed by atoms with E-state index in [4.69, 9.17) is 4.52 Å². The third-order valence-electron chi connectivity index (χ3n) is 3.98. The van der Waals surface area contributed by atoms with Gasteiger partial charge in [0.05, 0.1) is 6.54 Å². The molecule has 8 nitrogen and oxygen atoms in total. The van der Waals surface area contributed by atoms with E-state index in [0.29, 0.717) is 11.4 Å². The molecule has 0 saturated heterocycles. The lowest BCUT2D eigenvalue weighted by atomic mass is 10.2. The van der Waals surface area contributed by atoms with Gasteiger partial charge in [0.15, 0.2) is 0 Å². The molecule has 0 unspecified atom stereocenters. The molecular weight excluding hydrogens is 377 g/mol. The van der Waals surface area contributed by atoms with Crippen LogP contribution in [0.3, 0.4) is 0 Å². The van der Waals surface area contributed by atoms with Gasteiger partial charge in [-0.05, 0) is 43.3 Å². The van der Waals surface area contributed by atoms with Crippen molar-refractivity contribution < 1.29 is 18.5 Å². The molecule has 1 aromatic heterocycles. The van der Waals surface area contributed by atoms with Crippen LogP contribution < -0.4 is 16.2 Å². The Morgan fingerprint density at radius 1 is 1.00 bits per heavy atom. The average molecular weight is 397 g/mol. The van der Waals surface area contributed by atoms with E-state index in [1.165, 1.54) is 24.3 Å². The highest BCUT2D eigenvalue weighted by molar-refractivity contribution is 5.84. The molecule has 3 N–H and O–H groups in total. The third kappa shape index (κ3) is 6.13. The van der Waals surface area contributed by atoms with Crippen molar-refractivity contribution in [1.82, 2.24) is 21.0 Å². The molecule has 150 valence electrons. The van der Waals surface area contributed by atoms with Gasteiger partial charge in [0, 0.05) is 24.1 Å². The Morgan fingerprint density at radius 2 is 1.69 bits per heavy atom. The Hall–Kier alpha value is -3.75. The van der Waals surface area contributed by atoms with Gasteiger partial charge in [-0.25, -0.2) is 4.39 Å². The van der Waals surface area contributed by atoms with Gasteiger partial charge in [0.1, 0.15) is 5.82 Å². The third-order valence-corrected chi connectivity index (χ3v) is 3.98. The number of hydrazine groups is 1. The maximum Gasteiger partial charge on any atom is 0.257 e. The maximum atomic E-state index is 13.0. The van der Waals surface area contributed by atoms with E-state index >= 15 is 0 Å². The SMILES string of the molecule is Cc1ccc(NCC(=O)NNC(=O)CCc2nc(-c3ccc(F)cc3)no2)cc1. The first kappa shape index (κ1) is 20.0. The van der Waals surface area contributed by atoms with Crippen molar-refractivity contribution in [2.45, 2.75) is 19.8 Å². The van der Waals surface area contributed by atoms with E-state index in [9.17, 15) is 14.0 Å². The summed E-state index contributed by atoms with van der Waals surface area (Å²) in [6, 6.07) is 13.3. The van der Waals surface area contributed by atoms with Gasteiger partial charge in [0.2, 0.25) is 17.6 Å². The molecule has 0 radical (unpaired) electrons. The van der Waals surface area contributed by atoms with Crippen LogP contribution in [0.15, 0.2) is 53.1 Å². The number of rotatable bonds is 7. The molecular formula is C20H20FN5O3. The first-order chi connectivity index (χ1) is 14.0. The fourth-order valence-corrected chi connectivity index (χ4v) is 2.39. The van der Waals surface area contributed by atoms with Crippen molar-refractivity contribution in [1.29, 1.82) is 0 Å². The number of amides is 2. The fourth-order valence-electron chi connectivity index (χ4n) is 2.39. The average Bonchev–Trinajstić information content (AvgIpc) is 3.20. The molecule has 0 atom stereocenters. The number of carbonyl (C=O) groups is 2. The van der Waals surface area contributed by atoms with Crippen LogP contribution >= 0.6 is 0 Å². The Balaban J connectivity index is 1.38. The van der Waals surface area contributed by atoms with Crippen molar-refractivity contribution in [2.24, 2.45) is 0 Å². The van der Waals surface area contributed by atoms with Gasteiger partial charge in [-0.15, -0.1) is 0 Å². The summed E-state index contributed by atoms with van der Waals surface area (Å²) in [7, 11) is 0. The van der Waals surface area contributed by atoms with Crippen LogP contribution in [-0.4, -0.2) is 28.5 Å². The second-order valence-corrected chi connectivity index (χ2v) is 6.33. The zero-order valence-corrected chi connectivity index (χ0v) is 15.7. The van der Waals surface area contributed by atoms with E-state index in [-0.39, 0.29) is 37.0 Å². The number of aryl methyl sites for hydroxylation is 2. The molecule has 3 aromatic rings. The molecule has 2 amide bonds. The summed E-state index contributed by atoms with van der Waals surface area (Å²) >= 11 is 0. The Kier molecular flexibility index (Phi) is 6.51. The molecule has 29 heavy (non-hydrogen) atoms. The van der Waals surface area contributed by atoms with E-state index in [2.05, 4.69) is 26.3 Å². The van der Waals surface area contributed by atoms with Gasteiger partial charge in [-0.3, -0.25) is 20.4 Å². The van der Waals surface area contributed by atoms with Gasteiger partial charge >= 0.3 is 0 Å². The minimum Gasteiger partial charge on any atom is -0.376 e. The predicted octanol–water partition coefficient (Wildman–Crippen LogP) is 2.38. The van der Waals surface area contributed by atoms with Crippen LogP contribution in [0.5, 0.6) is 0 Å². The molecule has 0 saturated carbocycles. The Morgan fingerprint density at radius 3 is 2.41 bits per heavy atom. The van der Waals surface area contributed by atoms with Crippen LogP contribution in [0, 0.1) is 12.7 Å². The highest BCUT2D eigenvalue weighted by atomic mass is 19.1. The van der Waals surface area contributed by atoms with E-state index in [0.717, 1.165) is 11.3 Å². The molecule has 9 heteroatoms. The number of nitrogens with one attached hydrogen (secondary N) is 3. The van der Waals surface area contributed by atoms with Crippen LogP contribution in [0.2, 0.25) is 0 Å². The normalized spacial score (nSPS) is 10.4. The van der Waals surface area contributed by atoms with Crippen molar-refractivity contribution in [2.75, 3.05) is 11.9 Å². The number of aromatic nitrogens is 2. The minimum atomic E-state index is -0.393. The summed E-state index contributed by atoms with van der Waals surface area (Å²) < 4.78 is 18.0. The summed E-state index contributed by atoms with van der Waals surface area (Å²) in [6.45, 7) is 2.00. The maximum absolute atomic E-state index is 13.0. The molecule has 2 aromatic carbocycles. The number of anilines is 1. The van der Waals surface area contributed by atoms with Crippen molar-refractivity contribution in [3.8, 4) is 11.4 Å². The van der Waals surface area contributed by atoms with Crippen molar-refractivity contribution in [3.05, 3.63) is 65.8 Å². The minimum absolute atomic E-state index is 0.0219. The van der Waals surface area contributed by atoms with Gasteiger partial charge in [0.25, 0.3) is 5.91 Å². The van der Waals surface area contributed by atoms with Crippen LogP contribution in [0.25, 0.3) is 11.4 Å².